The van der Waals surface area contributed by atoms with Crippen molar-refractivity contribution < 1.29 is 14.3 Å². The van der Waals surface area contributed by atoms with Crippen molar-refractivity contribution in [1.82, 2.24) is 10.2 Å². The summed E-state index contributed by atoms with van der Waals surface area (Å²) in [5, 5.41) is 4.11. The number of likely N-dealkylation sites (N-methyl/N-ethyl adjacent to an activating group) is 1. The zero-order valence-electron chi connectivity index (χ0n) is 15.5. The first-order valence-corrected chi connectivity index (χ1v) is 9.84. The third-order valence-electron chi connectivity index (χ3n) is 4.03. The van der Waals surface area contributed by atoms with Gasteiger partial charge in [-0.3, -0.25) is 9.59 Å². The Hall–Kier alpha value is -1.95. The molecular weight excluding hydrogens is 423 g/mol. The van der Waals surface area contributed by atoms with Gasteiger partial charge in [-0.05, 0) is 55.8 Å². The van der Waals surface area contributed by atoms with Crippen molar-refractivity contribution in [2.45, 2.75) is 26.4 Å². The van der Waals surface area contributed by atoms with Gasteiger partial charge >= 0.3 is 0 Å². The van der Waals surface area contributed by atoms with E-state index < -0.39 is 6.04 Å². The van der Waals surface area contributed by atoms with Crippen molar-refractivity contribution in [3.63, 3.8) is 0 Å². The summed E-state index contributed by atoms with van der Waals surface area (Å²) in [6.07, 6.45) is 0. The van der Waals surface area contributed by atoms with Crippen LogP contribution in [0.1, 0.15) is 19.4 Å². The van der Waals surface area contributed by atoms with E-state index in [2.05, 4.69) is 5.32 Å². The van der Waals surface area contributed by atoms with Crippen molar-refractivity contribution in [2.75, 3.05) is 13.2 Å². The number of rotatable bonds is 8. The Morgan fingerprint density at radius 2 is 1.75 bits per heavy atom. The second-order valence-electron chi connectivity index (χ2n) is 6.08. The van der Waals surface area contributed by atoms with Crippen molar-refractivity contribution in [1.29, 1.82) is 0 Å². The third kappa shape index (κ3) is 6.30. The van der Waals surface area contributed by atoms with E-state index in [1.807, 2.05) is 6.92 Å². The number of halogens is 3. The molecule has 1 atom stereocenters. The third-order valence-corrected chi connectivity index (χ3v) is 5.02. The Bertz CT molecular complexity index is 828. The fraction of sp³-hybridized carbons (Fsp3) is 0.300. The number of nitrogens with one attached hydrogen (secondary N) is 1. The summed E-state index contributed by atoms with van der Waals surface area (Å²) in [4.78, 5) is 26.6. The molecule has 5 nitrogen and oxygen atoms in total. The molecule has 0 saturated heterocycles. The van der Waals surface area contributed by atoms with Crippen LogP contribution in [0.4, 0.5) is 0 Å². The largest absolute Gasteiger partial charge is 0.484 e. The molecule has 8 heteroatoms. The molecular formula is C20H21Cl3N2O3. The normalized spacial score (nSPS) is 11.6. The van der Waals surface area contributed by atoms with Gasteiger partial charge in [0.1, 0.15) is 11.8 Å². The quantitative estimate of drug-likeness (QED) is 0.650. The van der Waals surface area contributed by atoms with Gasteiger partial charge in [-0.2, -0.15) is 0 Å². The number of carbonyl (C=O) groups is 2. The maximum Gasteiger partial charge on any atom is 0.261 e. The average molecular weight is 444 g/mol. The zero-order chi connectivity index (χ0) is 20.7. The number of hydrogen-bond donors (Lipinski definition) is 1. The summed E-state index contributed by atoms with van der Waals surface area (Å²) in [6, 6.07) is 11.1. The van der Waals surface area contributed by atoms with Crippen LogP contribution in [0.25, 0.3) is 0 Å². The van der Waals surface area contributed by atoms with Gasteiger partial charge in [0.05, 0.1) is 10.0 Å². The van der Waals surface area contributed by atoms with Crippen LogP contribution >= 0.6 is 34.8 Å². The summed E-state index contributed by atoms with van der Waals surface area (Å²) in [7, 11) is 0. The molecule has 0 spiro atoms. The van der Waals surface area contributed by atoms with Gasteiger partial charge in [0.25, 0.3) is 5.91 Å². The van der Waals surface area contributed by atoms with Gasteiger partial charge in [-0.15, -0.1) is 0 Å². The smallest absolute Gasteiger partial charge is 0.261 e. The average Bonchev–Trinajstić information content (AvgIpc) is 2.67. The molecule has 0 radical (unpaired) electrons. The minimum absolute atomic E-state index is 0.192. The lowest BCUT2D eigenvalue weighted by molar-refractivity contribution is -0.142. The van der Waals surface area contributed by atoms with Crippen LogP contribution in [0.2, 0.25) is 15.1 Å². The maximum atomic E-state index is 12.8. The molecule has 150 valence electrons. The van der Waals surface area contributed by atoms with Gasteiger partial charge in [0, 0.05) is 18.1 Å². The van der Waals surface area contributed by atoms with Crippen molar-refractivity contribution in [3.05, 3.63) is 63.1 Å². The topological polar surface area (TPSA) is 58.6 Å². The van der Waals surface area contributed by atoms with Gasteiger partial charge in [0.15, 0.2) is 6.61 Å². The Balaban J connectivity index is 2.15. The molecule has 0 aliphatic carbocycles. The molecule has 0 bridgehead atoms. The van der Waals surface area contributed by atoms with E-state index in [-0.39, 0.29) is 25.0 Å². The molecule has 2 aromatic carbocycles. The van der Waals surface area contributed by atoms with Gasteiger partial charge in [-0.1, -0.05) is 40.9 Å². The lowest BCUT2D eigenvalue weighted by Crippen LogP contribution is -2.49. The molecule has 1 unspecified atom stereocenters. The molecule has 2 amide bonds. The first kappa shape index (κ1) is 22.3. The maximum absolute atomic E-state index is 12.8. The molecule has 1 N–H and O–H groups in total. The van der Waals surface area contributed by atoms with Crippen molar-refractivity contribution in [3.8, 4) is 5.75 Å². The van der Waals surface area contributed by atoms with Crippen LogP contribution in [0.3, 0.4) is 0 Å². The molecule has 2 rings (SSSR count). The first-order valence-electron chi connectivity index (χ1n) is 8.71. The highest BCUT2D eigenvalue weighted by Crippen LogP contribution is 2.24. The number of benzene rings is 2. The summed E-state index contributed by atoms with van der Waals surface area (Å²) < 4.78 is 5.55. The number of nitrogens with zero attached hydrogens (tertiary/aromatic N) is 1. The van der Waals surface area contributed by atoms with Crippen LogP contribution in [0.15, 0.2) is 42.5 Å². The number of amides is 2. The predicted octanol–water partition coefficient (Wildman–Crippen LogP) is 4.58. The van der Waals surface area contributed by atoms with Gasteiger partial charge < -0.3 is 15.0 Å². The zero-order valence-corrected chi connectivity index (χ0v) is 17.8. The molecule has 0 aliphatic heterocycles. The van der Waals surface area contributed by atoms with Crippen LogP contribution in [0.5, 0.6) is 5.75 Å². The Morgan fingerprint density at radius 3 is 2.36 bits per heavy atom. The Morgan fingerprint density at radius 1 is 1.07 bits per heavy atom. The van der Waals surface area contributed by atoms with Crippen molar-refractivity contribution in [2.24, 2.45) is 0 Å². The Labute approximate surface area is 179 Å². The highest BCUT2D eigenvalue weighted by molar-refractivity contribution is 6.42. The summed E-state index contributed by atoms with van der Waals surface area (Å²) in [6.45, 7) is 3.94. The lowest BCUT2D eigenvalue weighted by Gasteiger charge is -2.28. The number of hydrogen-bond acceptors (Lipinski definition) is 3. The van der Waals surface area contributed by atoms with E-state index in [1.165, 1.54) is 4.90 Å². The number of carbonyl (C=O) groups excluding carboxylic acids is 2. The molecule has 0 aliphatic rings. The molecule has 0 aromatic heterocycles. The molecule has 28 heavy (non-hydrogen) atoms. The summed E-state index contributed by atoms with van der Waals surface area (Å²) >= 11 is 17.9. The Kier molecular flexibility index (Phi) is 8.42. The second-order valence-corrected chi connectivity index (χ2v) is 7.33. The van der Waals surface area contributed by atoms with Gasteiger partial charge in [-0.25, -0.2) is 0 Å². The SMILES string of the molecule is CCNC(=O)C(C)N(Cc1ccc(Cl)c(Cl)c1)C(=O)COc1ccc(Cl)cc1. The molecule has 2 aromatic rings. The fourth-order valence-corrected chi connectivity index (χ4v) is 2.94. The monoisotopic (exact) mass is 442 g/mol. The van der Waals surface area contributed by atoms with E-state index in [0.29, 0.717) is 27.4 Å². The van der Waals surface area contributed by atoms with E-state index in [4.69, 9.17) is 39.5 Å². The van der Waals surface area contributed by atoms with E-state index in [9.17, 15) is 9.59 Å². The minimum atomic E-state index is -0.685. The fourth-order valence-electron chi connectivity index (χ4n) is 2.50. The molecule has 0 fully saturated rings. The van der Waals surface area contributed by atoms with E-state index in [1.54, 1.807) is 49.4 Å². The lowest BCUT2D eigenvalue weighted by atomic mass is 10.1. The molecule has 0 saturated carbocycles. The van der Waals surface area contributed by atoms with Crippen LogP contribution in [-0.4, -0.2) is 35.9 Å². The van der Waals surface area contributed by atoms with Crippen LogP contribution in [0, 0.1) is 0 Å². The summed E-state index contributed by atoms with van der Waals surface area (Å²) in [5.41, 5.74) is 0.755. The first-order chi connectivity index (χ1) is 13.3. The summed E-state index contributed by atoms with van der Waals surface area (Å²) in [5.74, 6) is -0.0694. The van der Waals surface area contributed by atoms with E-state index >= 15 is 0 Å². The van der Waals surface area contributed by atoms with Crippen LogP contribution in [-0.2, 0) is 16.1 Å². The van der Waals surface area contributed by atoms with Crippen LogP contribution < -0.4 is 10.1 Å². The molecule has 0 heterocycles. The standard InChI is InChI=1S/C20H21Cl3N2O3/c1-3-24-20(27)13(2)25(11-14-4-9-17(22)18(23)10-14)19(26)12-28-16-7-5-15(21)6-8-16/h4-10,13H,3,11-12H2,1-2H3,(H,24,27). The predicted molar refractivity (Wildman–Crippen MR) is 112 cm³/mol. The van der Waals surface area contributed by atoms with Gasteiger partial charge in [0.2, 0.25) is 5.91 Å². The van der Waals surface area contributed by atoms with E-state index in [0.717, 1.165) is 5.56 Å². The van der Waals surface area contributed by atoms with Crippen molar-refractivity contribution >= 4 is 46.6 Å². The minimum Gasteiger partial charge on any atom is -0.484 e. The highest BCUT2D eigenvalue weighted by Gasteiger charge is 2.26. The number of ether oxygens (including phenoxy) is 1. The second kappa shape index (κ2) is 10.6. The highest BCUT2D eigenvalue weighted by atomic mass is 35.5.